The smallest absolute Gasteiger partial charge is 0.163 e. The van der Waals surface area contributed by atoms with Gasteiger partial charge in [-0.15, -0.1) is 0 Å². The lowest BCUT2D eigenvalue weighted by atomic mass is 9.99. The first-order chi connectivity index (χ1) is 9.52. The monoisotopic (exact) mass is 268 g/mol. The van der Waals surface area contributed by atoms with Crippen molar-refractivity contribution in [3.63, 3.8) is 0 Å². The van der Waals surface area contributed by atoms with Gasteiger partial charge in [0.1, 0.15) is 5.75 Å². The molecule has 2 aromatic rings. The minimum atomic E-state index is -0.219. The maximum absolute atomic E-state index is 11.5. The number of fused-ring (bicyclic) bond motifs is 1. The molecule has 0 aliphatic carbocycles. The standard InChI is InChI=1S/C17H16O3/c1-11(18)17(12(2)19)10-14-6-4-5-13-9-15(20-3)7-8-16(13)14/h4-10H,1-3H3. The van der Waals surface area contributed by atoms with Crippen molar-refractivity contribution in [1.29, 1.82) is 0 Å². The fraction of sp³-hybridized carbons (Fsp3) is 0.176. The number of methoxy groups -OCH3 is 1. The highest BCUT2D eigenvalue weighted by Gasteiger charge is 2.10. The van der Waals surface area contributed by atoms with Crippen LogP contribution in [-0.4, -0.2) is 18.7 Å². The van der Waals surface area contributed by atoms with Crippen LogP contribution in [0, 0.1) is 0 Å². The molecule has 20 heavy (non-hydrogen) atoms. The molecule has 0 saturated heterocycles. The van der Waals surface area contributed by atoms with Crippen molar-refractivity contribution in [2.45, 2.75) is 13.8 Å². The average Bonchev–Trinajstić information content (AvgIpc) is 2.43. The molecule has 0 aliphatic rings. The van der Waals surface area contributed by atoms with E-state index >= 15 is 0 Å². The average molecular weight is 268 g/mol. The fourth-order valence-corrected chi connectivity index (χ4v) is 2.15. The van der Waals surface area contributed by atoms with Gasteiger partial charge >= 0.3 is 0 Å². The topological polar surface area (TPSA) is 43.4 Å². The Balaban J connectivity index is 2.63. The van der Waals surface area contributed by atoms with Gasteiger partial charge in [-0.3, -0.25) is 9.59 Å². The summed E-state index contributed by atoms with van der Waals surface area (Å²) in [6.07, 6.45) is 1.65. The van der Waals surface area contributed by atoms with Crippen LogP contribution in [0.4, 0.5) is 0 Å². The Labute approximate surface area is 117 Å². The molecule has 0 heterocycles. The summed E-state index contributed by atoms with van der Waals surface area (Å²) in [5.41, 5.74) is 1.07. The van der Waals surface area contributed by atoms with Crippen LogP contribution in [0.25, 0.3) is 16.8 Å². The van der Waals surface area contributed by atoms with Gasteiger partial charge in [0, 0.05) is 0 Å². The summed E-state index contributed by atoms with van der Waals surface area (Å²) in [4.78, 5) is 23.0. The normalized spacial score (nSPS) is 10.2. The number of rotatable bonds is 4. The first kappa shape index (κ1) is 14.0. The summed E-state index contributed by atoms with van der Waals surface area (Å²) in [5, 5.41) is 1.98. The minimum absolute atomic E-state index is 0.216. The summed E-state index contributed by atoms with van der Waals surface area (Å²) >= 11 is 0. The summed E-state index contributed by atoms with van der Waals surface area (Å²) < 4.78 is 5.20. The van der Waals surface area contributed by atoms with E-state index in [1.54, 1.807) is 13.2 Å². The van der Waals surface area contributed by atoms with Crippen LogP contribution in [0.3, 0.4) is 0 Å². The lowest BCUT2D eigenvalue weighted by Gasteiger charge is -2.06. The predicted octanol–water partition coefficient (Wildman–Crippen LogP) is 3.41. The molecule has 0 N–H and O–H groups in total. The highest BCUT2D eigenvalue weighted by molar-refractivity contribution is 6.22. The number of ketones is 2. The van der Waals surface area contributed by atoms with Gasteiger partial charge in [0.25, 0.3) is 0 Å². The Morgan fingerprint density at radius 1 is 1.05 bits per heavy atom. The number of carbonyl (C=O) groups is 2. The molecule has 2 aromatic carbocycles. The lowest BCUT2D eigenvalue weighted by Crippen LogP contribution is -2.05. The minimum Gasteiger partial charge on any atom is -0.497 e. The molecule has 0 aromatic heterocycles. The molecule has 0 spiro atoms. The molecular weight excluding hydrogens is 252 g/mol. The van der Waals surface area contributed by atoms with Gasteiger partial charge in [-0.25, -0.2) is 0 Å². The maximum Gasteiger partial charge on any atom is 0.163 e. The molecule has 0 aliphatic heterocycles. The zero-order chi connectivity index (χ0) is 14.7. The molecule has 3 nitrogen and oxygen atoms in total. The SMILES string of the molecule is COc1ccc2c(C=C(C(C)=O)C(C)=O)cccc2c1. The number of Topliss-reactive ketones (excluding diaryl/α,β-unsaturated/α-hetero) is 2. The summed E-state index contributed by atoms with van der Waals surface area (Å²) in [6.45, 7) is 2.81. The van der Waals surface area contributed by atoms with E-state index in [4.69, 9.17) is 4.74 Å². The van der Waals surface area contributed by atoms with Crippen molar-refractivity contribution in [2.75, 3.05) is 7.11 Å². The molecule has 102 valence electrons. The van der Waals surface area contributed by atoms with Crippen LogP contribution < -0.4 is 4.74 Å². The summed E-state index contributed by atoms with van der Waals surface area (Å²) in [6, 6.07) is 11.5. The molecule has 0 radical (unpaired) electrons. The lowest BCUT2D eigenvalue weighted by molar-refractivity contribution is -0.119. The molecule has 2 rings (SSSR count). The van der Waals surface area contributed by atoms with Gasteiger partial charge in [-0.05, 0) is 48.4 Å². The highest BCUT2D eigenvalue weighted by atomic mass is 16.5. The van der Waals surface area contributed by atoms with Gasteiger partial charge in [-0.2, -0.15) is 0 Å². The van der Waals surface area contributed by atoms with Gasteiger partial charge in [-0.1, -0.05) is 24.3 Å². The summed E-state index contributed by atoms with van der Waals surface area (Å²) in [7, 11) is 1.62. The van der Waals surface area contributed by atoms with E-state index in [0.29, 0.717) is 0 Å². The van der Waals surface area contributed by atoms with E-state index in [2.05, 4.69) is 0 Å². The van der Waals surface area contributed by atoms with Crippen LogP contribution in [-0.2, 0) is 9.59 Å². The molecule has 0 atom stereocenters. The zero-order valence-corrected chi connectivity index (χ0v) is 11.8. The second-order valence-electron chi connectivity index (χ2n) is 4.60. The van der Waals surface area contributed by atoms with Gasteiger partial charge in [0.15, 0.2) is 11.6 Å². The van der Waals surface area contributed by atoms with E-state index in [-0.39, 0.29) is 17.1 Å². The Kier molecular flexibility index (Phi) is 3.99. The van der Waals surface area contributed by atoms with Gasteiger partial charge in [0.05, 0.1) is 12.7 Å². The molecule has 0 bridgehead atoms. The van der Waals surface area contributed by atoms with Crippen molar-refractivity contribution < 1.29 is 14.3 Å². The fourth-order valence-electron chi connectivity index (χ4n) is 2.15. The second-order valence-corrected chi connectivity index (χ2v) is 4.60. The zero-order valence-electron chi connectivity index (χ0n) is 11.8. The molecule has 0 fully saturated rings. The van der Waals surface area contributed by atoms with E-state index in [1.807, 2.05) is 36.4 Å². The first-order valence-corrected chi connectivity index (χ1v) is 6.33. The van der Waals surface area contributed by atoms with Crippen LogP contribution in [0.5, 0.6) is 5.75 Å². The van der Waals surface area contributed by atoms with Gasteiger partial charge in [0.2, 0.25) is 0 Å². The Morgan fingerprint density at radius 2 is 1.75 bits per heavy atom. The van der Waals surface area contributed by atoms with Crippen molar-refractivity contribution >= 4 is 28.4 Å². The number of benzene rings is 2. The second kappa shape index (κ2) is 5.70. The summed E-state index contributed by atoms with van der Waals surface area (Å²) in [5.74, 6) is 0.336. The van der Waals surface area contributed by atoms with Crippen molar-refractivity contribution in [3.8, 4) is 5.75 Å². The Bertz CT molecular complexity index is 695. The largest absolute Gasteiger partial charge is 0.497 e. The van der Waals surface area contributed by atoms with Crippen LogP contribution >= 0.6 is 0 Å². The predicted molar refractivity (Wildman–Crippen MR) is 79.8 cm³/mol. The van der Waals surface area contributed by atoms with Crippen LogP contribution in [0.1, 0.15) is 19.4 Å². The van der Waals surface area contributed by atoms with E-state index in [0.717, 1.165) is 22.1 Å². The molecule has 0 amide bonds. The van der Waals surface area contributed by atoms with Crippen LogP contribution in [0.15, 0.2) is 42.0 Å². The number of allylic oxidation sites excluding steroid dienone is 1. The Morgan fingerprint density at radius 3 is 2.35 bits per heavy atom. The number of carbonyl (C=O) groups excluding carboxylic acids is 2. The van der Waals surface area contributed by atoms with Crippen LogP contribution in [0.2, 0.25) is 0 Å². The third-order valence-corrected chi connectivity index (χ3v) is 3.18. The molecule has 0 unspecified atom stereocenters. The molecular formula is C17H16O3. The van der Waals surface area contributed by atoms with Crippen molar-refractivity contribution in [2.24, 2.45) is 0 Å². The van der Waals surface area contributed by atoms with E-state index in [9.17, 15) is 9.59 Å². The van der Waals surface area contributed by atoms with Gasteiger partial charge < -0.3 is 4.74 Å². The number of ether oxygens (including phenoxy) is 1. The molecule has 3 heteroatoms. The number of hydrogen-bond acceptors (Lipinski definition) is 3. The van der Waals surface area contributed by atoms with E-state index < -0.39 is 0 Å². The quantitative estimate of drug-likeness (QED) is 0.485. The Hall–Kier alpha value is -2.42. The first-order valence-electron chi connectivity index (χ1n) is 6.33. The van der Waals surface area contributed by atoms with E-state index in [1.165, 1.54) is 13.8 Å². The third kappa shape index (κ3) is 2.77. The third-order valence-electron chi connectivity index (χ3n) is 3.18. The van der Waals surface area contributed by atoms with Crippen molar-refractivity contribution in [1.82, 2.24) is 0 Å². The maximum atomic E-state index is 11.5. The molecule has 0 saturated carbocycles. The van der Waals surface area contributed by atoms with Crippen molar-refractivity contribution in [3.05, 3.63) is 47.5 Å². The highest BCUT2D eigenvalue weighted by Crippen LogP contribution is 2.25. The number of hydrogen-bond donors (Lipinski definition) is 0.